The van der Waals surface area contributed by atoms with Crippen LogP contribution < -0.4 is 4.90 Å². The summed E-state index contributed by atoms with van der Waals surface area (Å²) in [5, 5.41) is 0. The van der Waals surface area contributed by atoms with Gasteiger partial charge in [0.1, 0.15) is 12.1 Å². The normalized spacial score (nSPS) is 38.3. The molecule has 0 radical (unpaired) electrons. The van der Waals surface area contributed by atoms with Gasteiger partial charge in [0.15, 0.2) is 0 Å². The minimum absolute atomic E-state index is 0.00699. The van der Waals surface area contributed by atoms with Gasteiger partial charge in [-0.2, -0.15) is 0 Å². The van der Waals surface area contributed by atoms with E-state index in [1.165, 1.54) is 32.2 Å². The maximum atomic E-state index is 6.19. The number of piperidine rings is 1. The fourth-order valence-corrected chi connectivity index (χ4v) is 3.51. The minimum Gasteiger partial charge on any atom is -0.357 e. The standard InChI is InChI=1S/C17H29NO/c1-15-9-5-6-13-18(15)14-8-12-17(4)11-7-10-16(2,3)19-17/h15H,5-7,9-11,13-14H2,1-4H3/p+1/t15-,17+/m1/s1. The van der Waals surface area contributed by atoms with Crippen molar-refractivity contribution in [3.63, 3.8) is 0 Å². The summed E-state index contributed by atoms with van der Waals surface area (Å²) in [5.41, 5.74) is -0.229. The van der Waals surface area contributed by atoms with Crippen LogP contribution in [0.25, 0.3) is 0 Å². The van der Waals surface area contributed by atoms with Crippen LogP contribution in [0.5, 0.6) is 0 Å². The van der Waals surface area contributed by atoms with Gasteiger partial charge >= 0.3 is 0 Å². The van der Waals surface area contributed by atoms with Crippen LogP contribution >= 0.6 is 0 Å². The van der Waals surface area contributed by atoms with E-state index in [1.54, 1.807) is 4.90 Å². The lowest BCUT2D eigenvalue weighted by molar-refractivity contribution is -0.921. The van der Waals surface area contributed by atoms with Crippen LogP contribution in [0.15, 0.2) is 0 Å². The van der Waals surface area contributed by atoms with E-state index in [1.807, 2.05) is 0 Å². The predicted octanol–water partition coefficient (Wildman–Crippen LogP) is 2.18. The maximum Gasteiger partial charge on any atom is 0.139 e. The van der Waals surface area contributed by atoms with Crippen LogP contribution in [-0.4, -0.2) is 30.3 Å². The molecular formula is C17H30NO+. The Bertz CT molecular complexity index is 365. The van der Waals surface area contributed by atoms with Crippen molar-refractivity contribution in [2.24, 2.45) is 0 Å². The number of rotatable bonds is 1. The Morgan fingerprint density at radius 1 is 1.16 bits per heavy atom. The van der Waals surface area contributed by atoms with Crippen LogP contribution in [0.2, 0.25) is 0 Å². The van der Waals surface area contributed by atoms with Crippen LogP contribution in [0.1, 0.15) is 66.2 Å². The molecule has 0 aliphatic carbocycles. The monoisotopic (exact) mass is 264 g/mol. The lowest BCUT2D eigenvalue weighted by atomic mass is 9.88. The largest absolute Gasteiger partial charge is 0.357 e. The minimum atomic E-state index is -0.222. The van der Waals surface area contributed by atoms with Gasteiger partial charge in [0.25, 0.3) is 0 Å². The average molecular weight is 264 g/mol. The third-order valence-electron chi connectivity index (χ3n) is 4.68. The van der Waals surface area contributed by atoms with Crippen molar-refractivity contribution in [3.8, 4) is 11.8 Å². The molecule has 2 aliphatic heterocycles. The number of hydrogen-bond acceptors (Lipinski definition) is 1. The van der Waals surface area contributed by atoms with Crippen LogP contribution in [0.4, 0.5) is 0 Å². The van der Waals surface area contributed by atoms with Gasteiger partial charge in [0, 0.05) is 0 Å². The Balaban J connectivity index is 1.91. The molecule has 0 aromatic carbocycles. The second-order valence-electron chi connectivity index (χ2n) is 7.23. The van der Waals surface area contributed by atoms with E-state index >= 15 is 0 Å². The lowest BCUT2D eigenvalue weighted by Crippen LogP contribution is -3.16. The summed E-state index contributed by atoms with van der Waals surface area (Å²) in [6.07, 6.45) is 7.57. The number of ether oxygens (including phenoxy) is 1. The molecular weight excluding hydrogens is 234 g/mol. The number of quaternary nitrogens is 1. The zero-order valence-corrected chi connectivity index (χ0v) is 13.1. The highest BCUT2D eigenvalue weighted by Crippen LogP contribution is 2.34. The zero-order valence-electron chi connectivity index (χ0n) is 13.1. The van der Waals surface area contributed by atoms with Crippen LogP contribution in [0.3, 0.4) is 0 Å². The summed E-state index contributed by atoms with van der Waals surface area (Å²) in [6.45, 7) is 11.2. The van der Waals surface area contributed by atoms with Crippen molar-refractivity contribution in [3.05, 3.63) is 0 Å². The van der Waals surface area contributed by atoms with Gasteiger partial charge in [-0.3, -0.25) is 0 Å². The van der Waals surface area contributed by atoms with E-state index in [0.29, 0.717) is 0 Å². The summed E-state index contributed by atoms with van der Waals surface area (Å²) < 4.78 is 6.19. The molecule has 1 unspecified atom stereocenters. The van der Waals surface area contributed by atoms with Gasteiger partial charge in [0.05, 0.1) is 18.2 Å². The molecule has 2 aliphatic rings. The first kappa shape index (κ1) is 14.9. The van der Waals surface area contributed by atoms with Gasteiger partial charge in [-0.15, -0.1) is 0 Å². The van der Waals surface area contributed by atoms with Crippen molar-refractivity contribution < 1.29 is 9.64 Å². The highest BCUT2D eigenvalue weighted by Gasteiger charge is 2.36. The SMILES string of the molecule is C[C@@H]1CCCC[NH+]1CC#C[C@]1(C)CCCC(C)(C)O1. The Morgan fingerprint density at radius 2 is 1.95 bits per heavy atom. The average Bonchev–Trinajstić information content (AvgIpc) is 2.30. The van der Waals surface area contributed by atoms with Crippen LogP contribution in [-0.2, 0) is 4.74 Å². The third kappa shape index (κ3) is 4.23. The second-order valence-corrected chi connectivity index (χ2v) is 7.23. The van der Waals surface area contributed by atoms with Gasteiger partial charge in [-0.1, -0.05) is 5.92 Å². The molecule has 0 saturated carbocycles. The smallest absolute Gasteiger partial charge is 0.139 e. The molecule has 108 valence electrons. The van der Waals surface area contributed by atoms with Gasteiger partial charge in [-0.05, 0) is 72.1 Å². The molecule has 2 rings (SSSR count). The molecule has 2 heteroatoms. The number of nitrogens with one attached hydrogen (secondary N) is 1. The first-order valence-electron chi connectivity index (χ1n) is 7.95. The molecule has 0 bridgehead atoms. The fraction of sp³-hybridized carbons (Fsp3) is 0.882. The van der Waals surface area contributed by atoms with Crippen molar-refractivity contribution in [1.29, 1.82) is 0 Å². The highest BCUT2D eigenvalue weighted by atomic mass is 16.5. The zero-order chi connectivity index (χ0) is 13.9. The number of likely N-dealkylation sites (tertiary alicyclic amines) is 1. The van der Waals surface area contributed by atoms with E-state index in [2.05, 4.69) is 39.5 Å². The molecule has 0 aromatic rings. The third-order valence-corrected chi connectivity index (χ3v) is 4.68. The summed E-state index contributed by atoms with van der Waals surface area (Å²) in [5.74, 6) is 6.85. The quantitative estimate of drug-likeness (QED) is 0.717. The van der Waals surface area contributed by atoms with Gasteiger partial charge < -0.3 is 9.64 Å². The topological polar surface area (TPSA) is 13.7 Å². The molecule has 3 atom stereocenters. The van der Waals surface area contributed by atoms with Crippen molar-refractivity contribution in [1.82, 2.24) is 0 Å². The summed E-state index contributed by atoms with van der Waals surface area (Å²) in [7, 11) is 0. The molecule has 0 aromatic heterocycles. The Labute approximate surface area is 118 Å². The molecule has 2 heterocycles. The fourth-order valence-electron chi connectivity index (χ4n) is 3.51. The summed E-state index contributed by atoms with van der Waals surface area (Å²) in [4.78, 5) is 1.66. The first-order valence-corrected chi connectivity index (χ1v) is 7.95. The van der Waals surface area contributed by atoms with E-state index in [9.17, 15) is 0 Å². The molecule has 0 spiro atoms. The highest BCUT2D eigenvalue weighted by molar-refractivity contribution is 5.14. The first-order chi connectivity index (χ1) is 8.90. The van der Waals surface area contributed by atoms with Crippen molar-refractivity contribution in [2.75, 3.05) is 13.1 Å². The van der Waals surface area contributed by atoms with E-state index in [4.69, 9.17) is 4.74 Å². The Hall–Kier alpha value is -0.520. The molecule has 19 heavy (non-hydrogen) atoms. The molecule has 1 N–H and O–H groups in total. The van der Waals surface area contributed by atoms with Gasteiger partial charge in [-0.25, -0.2) is 0 Å². The summed E-state index contributed by atoms with van der Waals surface area (Å²) in [6, 6.07) is 0.777. The number of hydrogen-bond donors (Lipinski definition) is 1. The Kier molecular flexibility index (Phi) is 4.58. The summed E-state index contributed by atoms with van der Waals surface area (Å²) >= 11 is 0. The molecule has 2 fully saturated rings. The van der Waals surface area contributed by atoms with E-state index in [0.717, 1.165) is 25.4 Å². The predicted molar refractivity (Wildman–Crippen MR) is 79.2 cm³/mol. The van der Waals surface area contributed by atoms with Crippen molar-refractivity contribution in [2.45, 2.75) is 83.5 Å². The molecule has 2 saturated heterocycles. The Morgan fingerprint density at radius 3 is 2.63 bits per heavy atom. The van der Waals surface area contributed by atoms with E-state index < -0.39 is 0 Å². The van der Waals surface area contributed by atoms with E-state index in [-0.39, 0.29) is 11.2 Å². The molecule has 2 nitrogen and oxygen atoms in total. The second kappa shape index (κ2) is 5.85. The maximum absolute atomic E-state index is 6.19. The van der Waals surface area contributed by atoms with Crippen molar-refractivity contribution >= 4 is 0 Å². The lowest BCUT2D eigenvalue weighted by Gasteiger charge is -2.40. The molecule has 0 amide bonds. The van der Waals surface area contributed by atoms with Gasteiger partial charge in [0.2, 0.25) is 0 Å². The van der Waals surface area contributed by atoms with Crippen LogP contribution in [0, 0.1) is 11.8 Å².